The number of aliphatic hydroxyl groups excluding tert-OH is 1. The molecule has 0 saturated carbocycles. The fourth-order valence-electron chi connectivity index (χ4n) is 2.09. The van der Waals surface area contributed by atoms with Crippen molar-refractivity contribution in [3.8, 4) is 5.75 Å². The smallest absolute Gasteiger partial charge is 0.133 e. The highest BCUT2D eigenvalue weighted by Crippen LogP contribution is 2.28. The van der Waals surface area contributed by atoms with Crippen molar-refractivity contribution in [1.29, 1.82) is 0 Å². The first-order valence-electron chi connectivity index (χ1n) is 6.43. The third-order valence-corrected chi connectivity index (χ3v) is 3.88. The molecule has 20 heavy (non-hydrogen) atoms. The second kappa shape index (κ2) is 6.88. The first kappa shape index (κ1) is 15.0. The number of aliphatic hydroxyl groups is 1. The van der Waals surface area contributed by atoms with Gasteiger partial charge in [0.1, 0.15) is 5.75 Å². The van der Waals surface area contributed by atoms with E-state index in [2.05, 4.69) is 15.9 Å². The van der Waals surface area contributed by atoms with E-state index in [9.17, 15) is 5.11 Å². The Morgan fingerprint density at radius 3 is 2.50 bits per heavy atom. The molecule has 0 aliphatic heterocycles. The van der Waals surface area contributed by atoms with Gasteiger partial charge in [0.25, 0.3) is 0 Å². The van der Waals surface area contributed by atoms with E-state index in [0.717, 1.165) is 21.3 Å². The van der Waals surface area contributed by atoms with Crippen LogP contribution < -0.4 is 10.5 Å². The quantitative estimate of drug-likeness (QED) is 0.882. The summed E-state index contributed by atoms with van der Waals surface area (Å²) in [7, 11) is 1.62. The maximum Gasteiger partial charge on any atom is 0.133 e. The maximum absolute atomic E-state index is 10.3. The summed E-state index contributed by atoms with van der Waals surface area (Å²) >= 11 is 3.43. The molecule has 106 valence electrons. The molecule has 0 unspecified atom stereocenters. The largest absolute Gasteiger partial charge is 0.496 e. The summed E-state index contributed by atoms with van der Waals surface area (Å²) in [5, 5.41) is 10.3. The van der Waals surface area contributed by atoms with Crippen molar-refractivity contribution in [2.45, 2.75) is 18.6 Å². The molecule has 4 heteroatoms. The Balaban J connectivity index is 2.10. The van der Waals surface area contributed by atoms with E-state index in [1.54, 1.807) is 7.11 Å². The van der Waals surface area contributed by atoms with Gasteiger partial charge >= 0.3 is 0 Å². The first-order valence-corrected chi connectivity index (χ1v) is 7.22. The molecule has 0 aliphatic rings. The molecule has 0 amide bonds. The predicted octanol–water partition coefficient (Wildman–Crippen LogP) is 3.06. The van der Waals surface area contributed by atoms with E-state index < -0.39 is 12.1 Å². The van der Waals surface area contributed by atoms with E-state index in [1.807, 2.05) is 48.5 Å². The molecule has 3 N–H and O–H groups in total. The summed E-state index contributed by atoms with van der Waals surface area (Å²) in [5.74, 6) is 0.749. The van der Waals surface area contributed by atoms with Gasteiger partial charge < -0.3 is 15.6 Å². The molecule has 0 fully saturated rings. The Bertz CT molecular complexity index is 560. The standard InChI is InChI=1S/C16H18BrNO2/c1-20-15-8-7-12(10-13(15)17)16(18)14(19)9-11-5-3-2-4-6-11/h2-8,10,14,16,19H,9,18H2,1H3/t14-,16+/m1/s1. The third kappa shape index (κ3) is 3.60. The van der Waals surface area contributed by atoms with Gasteiger partial charge in [0, 0.05) is 6.42 Å². The second-order valence-corrected chi connectivity index (χ2v) is 5.53. The minimum atomic E-state index is -0.627. The number of hydrogen-bond donors (Lipinski definition) is 2. The average Bonchev–Trinajstić information content (AvgIpc) is 2.47. The molecule has 0 heterocycles. The fraction of sp³-hybridized carbons (Fsp3) is 0.250. The molecule has 0 aromatic heterocycles. The van der Waals surface area contributed by atoms with Crippen molar-refractivity contribution in [2.24, 2.45) is 5.73 Å². The summed E-state index contributed by atoms with van der Waals surface area (Å²) in [4.78, 5) is 0. The summed E-state index contributed by atoms with van der Waals surface area (Å²) in [6.07, 6.45) is -0.0937. The van der Waals surface area contributed by atoms with Gasteiger partial charge in [-0.3, -0.25) is 0 Å². The number of benzene rings is 2. The van der Waals surface area contributed by atoms with Crippen LogP contribution in [0.4, 0.5) is 0 Å². The molecule has 0 radical (unpaired) electrons. The van der Waals surface area contributed by atoms with Crippen LogP contribution in [0.15, 0.2) is 53.0 Å². The summed E-state index contributed by atoms with van der Waals surface area (Å²) in [6.45, 7) is 0. The lowest BCUT2D eigenvalue weighted by atomic mass is 9.97. The Morgan fingerprint density at radius 1 is 1.20 bits per heavy atom. The highest BCUT2D eigenvalue weighted by Gasteiger charge is 2.18. The summed E-state index contributed by atoms with van der Waals surface area (Å²) < 4.78 is 6.02. The Hall–Kier alpha value is -1.36. The number of nitrogens with two attached hydrogens (primary N) is 1. The van der Waals surface area contributed by atoms with Gasteiger partial charge in [-0.15, -0.1) is 0 Å². The molecule has 0 saturated heterocycles. The Labute approximate surface area is 127 Å². The molecule has 2 atom stereocenters. The van der Waals surface area contributed by atoms with Crippen LogP contribution in [0.25, 0.3) is 0 Å². The van der Waals surface area contributed by atoms with Crippen LogP contribution in [0.5, 0.6) is 5.75 Å². The minimum absolute atomic E-state index is 0.433. The molecule has 3 nitrogen and oxygen atoms in total. The van der Waals surface area contributed by atoms with Crippen LogP contribution in [-0.4, -0.2) is 18.3 Å². The fourth-order valence-corrected chi connectivity index (χ4v) is 2.65. The Morgan fingerprint density at radius 2 is 1.90 bits per heavy atom. The van der Waals surface area contributed by atoms with Gasteiger partial charge in [0.05, 0.1) is 23.7 Å². The Kier molecular flexibility index (Phi) is 5.17. The van der Waals surface area contributed by atoms with E-state index in [-0.39, 0.29) is 0 Å². The van der Waals surface area contributed by atoms with Crippen molar-refractivity contribution < 1.29 is 9.84 Å². The normalized spacial score (nSPS) is 13.8. The molecule has 2 rings (SSSR count). The van der Waals surface area contributed by atoms with Crippen LogP contribution in [0.1, 0.15) is 17.2 Å². The lowest BCUT2D eigenvalue weighted by Gasteiger charge is -2.20. The van der Waals surface area contributed by atoms with Crippen molar-refractivity contribution in [3.05, 3.63) is 64.1 Å². The number of hydrogen-bond acceptors (Lipinski definition) is 3. The van der Waals surface area contributed by atoms with Crippen LogP contribution in [0.2, 0.25) is 0 Å². The minimum Gasteiger partial charge on any atom is -0.496 e. The van der Waals surface area contributed by atoms with E-state index in [0.29, 0.717) is 6.42 Å². The molecular weight excluding hydrogens is 318 g/mol. The van der Waals surface area contributed by atoms with Crippen LogP contribution >= 0.6 is 15.9 Å². The zero-order chi connectivity index (χ0) is 14.5. The monoisotopic (exact) mass is 335 g/mol. The highest BCUT2D eigenvalue weighted by molar-refractivity contribution is 9.10. The van der Waals surface area contributed by atoms with Gasteiger partial charge in [-0.05, 0) is 39.2 Å². The molecule has 0 aliphatic carbocycles. The van der Waals surface area contributed by atoms with Crippen LogP contribution in [0, 0.1) is 0 Å². The maximum atomic E-state index is 10.3. The van der Waals surface area contributed by atoms with Crippen LogP contribution in [-0.2, 0) is 6.42 Å². The SMILES string of the molecule is COc1ccc([C@H](N)[C@H](O)Cc2ccccc2)cc1Br. The third-order valence-electron chi connectivity index (χ3n) is 3.26. The average molecular weight is 336 g/mol. The molecular formula is C16H18BrNO2. The number of rotatable bonds is 5. The summed E-state index contributed by atoms with van der Waals surface area (Å²) in [5.41, 5.74) is 8.08. The van der Waals surface area contributed by atoms with E-state index in [4.69, 9.17) is 10.5 Å². The molecule has 2 aromatic carbocycles. The molecule has 0 spiro atoms. The zero-order valence-corrected chi connectivity index (χ0v) is 12.9. The topological polar surface area (TPSA) is 55.5 Å². The van der Waals surface area contributed by atoms with Crippen molar-refractivity contribution in [2.75, 3.05) is 7.11 Å². The predicted molar refractivity (Wildman–Crippen MR) is 83.8 cm³/mol. The van der Waals surface area contributed by atoms with Crippen molar-refractivity contribution in [3.63, 3.8) is 0 Å². The second-order valence-electron chi connectivity index (χ2n) is 4.68. The van der Waals surface area contributed by atoms with Crippen molar-refractivity contribution in [1.82, 2.24) is 0 Å². The van der Waals surface area contributed by atoms with E-state index in [1.165, 1.54) is 0 Å². The van der Waals surface area contributed by atoms with Crippen LogP contribution in [0.3, 0.4) is 0 Å². The van der Waals surface area contributed by atoms with Gasteiger partial charge in [-0.1, -0.05) is 36.4 Å². The highest BCUT2D eigenvalue weighted by atomic mass is 79.9. The summed E-state index contributed by atoms with van der Waals surface area (Å²) in [6, 6.07) is 15.0. The molecule has 2 aromatic rings. The number of halogens is 1. The number of methoxy groups -OCH3 is 1. The van der Waals surface area contributed by atoms with E-state index >= 15 is 0 Å². The molecule has 0 bridgehead atoms. The first-order chi connectivity index (χ1) is 9.61. The van der Waals surface area contributed by atoms with Gasteiger partial charge in [0.2, 0.25) is 0 Å². The zero-order valence-electron chi connectivity index (χ0n) is 11.3. The number of ether oxygens (including phenoxy) is 1. The van der Waals surface area contributed by atoms with Crippen molar-refractivity contribution >= 4 is 15.9 Å². The van der Waals surface area contributed by atoms with Gasteiger partial charge in [-0.2, -0.15) is 0 Å². The van der Waals surface area contributed by atoms with Gasteiger partial charge in [-0.25, -0.2) is 0 Å². The van der Waals surface area contributed by atoms with Gasteiger partial charge in [0.15, 0.2) is 0 Å². The lowest BCUT2D eigenvalue weighted by molar-refractivity contribution is 0.145. The lowest BCUT2D eigenvalue weighted by Crippen LogP contribution is -2.28.